The van der Waals surface area contributed by atoms with E-state index in [4.69, 9.17) is 9.47 Å². The van der Waals surface area contributed by atoms with Crippen LogP contribution in [0.15, 0.2) is 36.7 Å². The second-order valence-electron chi connectivity index (χ2n) is 12.0. The molecular weight excluding hydrogens is 532 g/mol. The van der Waals surface area contributed by atoms with Gasteiger partial charge in [0.05, 0.1) is 14.2 Å². The number of hydrogen-bond acceptors (Lipinski definition) is 6. The van der Waals surface area contributed by atoms with E-state index in [0.717, 1.165) is 48.8 Å². The summed E-state index contributed by atoms with van der Waals surface area (Å²) in [5.74, 6) is 2.25. The van der Waals surface area contributed by atoms with Crippen molar-refractivity contribution in [1.29, 1.82) is 0 Å². The molecule has 1 aromatic carbocycles. The molecule has 3 amide bonds. The highest BCUT2D eigenvalue weighted by Crippen LogP contribution is 2.37. The van der Waals surface area contributed by atoms with Crippen LogP contribution in [0.4, 0.5) is 0 Å². The molecule has 3 aliphatic rings. The van der Waals surface area contributed by atoms with Crippen molar-refractivity contribution < 1.29 is 23.9 Å². The summed E-state index contributed by atoms with van der Waals surface area (Å²) in [4.78, 5) is 47.9. The molecule has 1 N–H and O–H groups in total. The Morgan fingerprint density at radius 3 is 2.62 bits per heavy atom. The average Bonchev–Trinajstić information content (AvgIpc) is 3.01. The van der Waals surface area contributed by atoms with Crippen LogP contribution in [0.5, 0.6) is 11.5 Å². The molecule has 3 atom stereocenters. The molecule has 226 valence electrons. The quantitative estimate of drug-likeness (QED) is 0.584. The van der Waals surface area contributed by atoms with E-state index in [1.807, 2.05) is 23.1 Å². The highest BCUT2D eigenvalue weighted by Gasteiger charge is 2.43. The van der Waals surface area contributed by atoms with Crippen LogP contribution in [0.3, 0.4) is 0 Å². The van der Waals surface area contributed by atoms with Gasteiger partial charge in [0.25, 0.3) is 0 Å². The fourth-order valence-electron chi connectivity index (χ4n) is 7.06. The number of fused-ring (bicyclic) bond motifs is 6. The molecule has 0 aliphatic carbocycles. The number of carbonyl (C=O) groups is 3. The fourth-order valence-corrected chi connectivity index (χ4v) is 7.06. The van der Waals surface area contributed by atoms with Crippen molar-refractivity contribution in [3.8, 4) is 11.5 Å². The van der Waals surface area contributed by atoms with E-state index in [2.05, 4.69) is 21.3 Å². The van der Waals surface area contributed by atoms with E-state index in [1.54, 1.807) is 26.6 Å². The van der Waals surface area contributed by atoms with Crippen LogP contribution in [0.25, 0.3) is 0 Å². The standard InChI is InChI=1S/C33H44N4O5/c1-41-29-19-24-9-11-32(40)37-21-25-18-27(22-36(20-25)31(39)10-8-23-12-15-34-16-13-23)28(37)6-3-7-30(38)35-14-4-5-26(17-24)33(29)42-2/h12-13,15-17,19,25,27-28H,3-11,14,18,20-22H2,1-2H3,(H,35,38)/t25-,27+,28-/m0/s1. The van der Waals surface area contributed by atoms with Gasteiger partial charge < -0.3 is 24.6 Å². The highest BCUT2D eigenvalue weighted by atomic mass is 16.5. The van der Waals surface area contributed by atoms with Crippen molar-refractivity contribution in [1.82, 2.24) is 20.1 Å². The Labute approximate surface area is 249 Å². The Hall–Kier alpha value is -3.62. The minimum absolute atomic E-state index is 0.0335. The van der Waals surface area contributed by atoms with Crippen molar-refractivity contribution in [3.63, 3.8) is 0 Å². The number of likely N-dealkylation sites (tertiary alicyclic amines) is 1. The number of hydrogen-bond donors (Lipinski definition) is 1. The topological polar surface area (TPSA) is 101 Å². The van der Waals surface area contributed by atoms with E-state index in [9.17, 15) is 14.4 Å². The van der Waals surface area contributed by atoms with Crippen molar-refractivity contribution in [2.24, 2.45) is 11.8 Å². The van der Waals surface area contributed by atoms with Crippen LogP contribution < -0.4 is 14.8 Å². The Morgan fingerprint density at radius 2 is 1.83 bits per heavy atom. The summed E-state index contributed by atoms with van der Waals surface area (Å²) < 4.78 is 11.3. The van der Waals surface area contributed by atoms with E-state index >= 15 is 0 Å². The van der Waals surface area contributed by atoms with Crippen molar-refractivity contribution in [2.75, 3.05) is 40.4 Å². The zero-order chi connectivity index (χ0) is 29.5. The third-order valence-corrected chi connectivity index (χ3v) is 9.11. The maximum Gasteiger partial charge on any atom is 0.223 e. The lowest BCUT2D eigenvalue weighted by atomic mass is 9.77. The lowest BCUT2D eigenvalue weighted by Crippen LogP contribution is -2.60. The Balaban J connectivity index is 1.31. The van der Waals surface area contributed by atoms with Crippen molar-refractivity contribution >= 4 is 17.7 Å². The zero-order valence-electron chi connectivity index (χ0n) is 25.0. The van der Waals surface area contributed by atoms with Gasteiger partial charge in [-0.25, -0.2) is 0 Å². The predicted octanol–water partition coefficient (Wildman–Crippen LogP) is 3.57. The van der Waals surface area contributed by atoms with Crippen LogP contribution >= 0.6 is 0 Å². The van der Waals surface area contributed by atoms with Gasteiger partial charge in [-0.3, -0.25) is 19.4 Å². The predicted molar refractivity (Wildman–Crippen MR) is 159 cm³/mol. The van der Waals surface area contributed by atoms with Gasteiger partial charge >= 0.3 is 0 Å². The number of piperidine rings is 2. The Kier molecular flexibility index (Phi) is 9.97. The van der Waals surface area contributed by atoms with Gasteiger partial charge in [-0.05, 0) is 91.7 Å². The number of benzene rings is 1. The van der Waals surface area contributed by atoms with Crippen LogP contribution in [0.2, 0.25) is 0 Å². The molecule has 5 rings (SSSR count). The van der Waals surface area contributed by atoms with Gasteiger partial charge in [0, 0.05) is 63.9 Å². The largest absolute Gasteiger partial charge is 0.493 e. The molecule has 0 radical (unpaired) electrons. The minimum atomic E-state index is 0.0335. The van der Waals surface area contributed by atoms with Gasteiger partial charge in [0.2, 0.25) is 17.7 Å². The lowest BCUT2D eigenvalue weighted by molar-refractivity contribution is -0.145. The van der Waals surface area contributed by atoms with Crippen LogP contribution in [0, 0.1) is 11.8 Å². The van der Waals surface area contributed by atoms with Crippen molar-refractivity contribution in [2.45, 2.75) is 70.3 Å². The number of aromatic nitrogens is 1. The maximum atomic E-state index is 13.8. The zero-order valence-corrected chi connectivity index (χ0v) is 25.0. The third-order valence-electron chi connectivity index (χ3n) is 9.11. The number of nitrogens with one attached hydrogen (secondary N) is 1. The Bertz CT molecular complexity index is 1250. The molecule has 42 heavy (non-hydrogen) atoms. The highest BCUT2D eigenvalue weighted by molar-refractivity contribution is 5.78. The number of ether oxygens (including phenoxy) is 2. The van der Waals surface area contributed by atoms with E-state index in [-0.39, 0.29) is 35.6 Å². The summed E-state index contributed by atoms with van der Waals surface area (Å²) in [6.07, 6.45) is 10.2. The van der Waals surface area contributed by atoms with Crippen molar-refractivity contribution in [3.05, 3.63) is 53.3 Å². The summed E-state index contributed by atoms with van der Waals surface area (Å²) in [5, 5.41) is 3.06. The molecular formula is C33H44N4O5. The first-order valence-electron chi connectivity index (χ1n) is 15.4. The van der Waals surface area contributed by atoms with Gasteiger partial charge in [-0.15, -0.1) is 0 Å². The molecule has 1 aromatic heterocycles. The first-order valence-corrected chi connectivity index (χ1v) is 15.4. The monoisotopic (exact) mass is 576 g/mol. The molecule has 0 unspecified atom stereocenters. The number of methoxy groups -OCH3 is 2. The number of nitrogens with zero attached hydrogens (tertiary/aromatic N) is 3. The minimum Gasteiger partial charge on any atom is -0.493 e. The van der Waals surface area contributed by atoms with Crippen LogP contribution in [-0.4, -0.2) is 78.9 Å². The molecule has 4 bridgehead atoms. The summed E-state index contributed by atoms with van der Waals surface area (Å²) in [6.45, 7) is 2.63. The SMILES string of the molecule is COc1cc2cc(c1OC)CCCNC(=O)CCC[C@H]1[C@@H]3C[C@@H](CN(C(=O)CCc4ccncc4)C3)CN1C(=O)CC2. The normalized spacial score (nSPS) is 23.5. The summed E-state index contributed by atoms with van der Waals surface area (Å²) >= 11 is 0. The van der Waals surface area contributed by atoms with Gasteiger partial charge in [-0.2, -0.15) is 0 Å². The van der Waals surface area contributed by atoms with E-state index < -0.39 is 0 Å². The number of amides is 3. The lowest BCUT2D eigenvalue weighted by Gasteiger charge is -2.51. The molecule has 9 heteroatoms. The molecule has 2 aromatic rings. The molecule has 2 fully saturated rings. The average molecular weight is 577 g/mol. The summed E-state index contributed by atoms with van der Waals surface area (Å²) in [7, 11) is 3.27. The number of rotatable bonds is 5. The number of aryl methyl sites for hydroxylation is 3. The summed E-state index contributed by atoms with van der Waals surface area (Å²) in [6, 6.07) is 8.03. The molecule has 9 nitrogen and oxygen atoms in total. The van der Waals surface area contributed by atoms with Crippen LogP contribution in [0.1, 0.15) is 61.6 Å². The fraction of sp³-hybridized carbons (Fsp3) is 0.576. The molecule has 2 saturated heterocycles. The second-order valence-corrected chi connectivity index (χ2v) is 12.0. The number of pyridine rings is 1. The van der Waals surface area contributed by atoms with E-state index in [1.165, 1.54) is 0 Å². The molecule has 0 spiro atoms. The first-order chi connectivity index (χ1) is 20.4. The van der Waals surface area contributed by atoms with Gasteiger partial charge in [0.15, 0.2) is 11.5 Å². The first kappa shape index (κ1) is 29.9. The van der Waals surface area contributed by atoms with Gasteiger partial charge in [-0.1, -0.05) is 6.07 Å². The van der Waals surface area contributed by atoms with Gasteiger partial charge in [0.1, 0.15) is 0 Å². The number of carbonyl (C=O) groups excluding carboxylic acids is 3. The van der Waals surface area contributed by atoms with E-state index in [0.29, 0.717) is 69.8 Å². The Morgan fingerprint density at radius 1 is 1.00 bits per heavy atom. The van der Waals surface area contributed by atoms with Crippen LogP contribution in [-0.2, 0) is 33.6 Å². The molecule has 4 heterocycles. The maximum absolute atomic E-state index is 13.8. The smallest absolute Gasteiger partial charge is 0.223 e. The molecule has 0 saturated carbocycles. The second kappa shape index (κ2) is 14.0. The molecule has 3 aliphatic heterocycles. The third kappa shape index (κ3) is 7.23. The summed E-state index contributed by atoms with van der Waals surface area (Å²) in [5.41, 5.74) is 3.19.